The Morgan fingerprint density at radius 3 is 2.85 bits per heavy atom. The molecule has 2 aromatic rings. The molecule has 0 aliphatic heterocycles. The minimum absolute atomic E-state index is 0.126. The second kappa shape index (κ2) is 6.04. The highest BCUT2D eigenvalue weighted by Gasteiger charge is 2.13. The van der Waals surface area contributed by atoms with E-state index < -0.39 is 5.91 Å². The van der Waals surface area contributed by atoms with Crippen molar-refractivity contribution in [2.24, 2.45) is 0 Å². The second-order valence-corrected chi connectivity index (χ2v) is 4.33. The van der Waals surface area contributed by atoms with Crippen LogP contribution < -0.4 is 10.6 Å². The number of carbonyl (C=O) groups excluding carboxylic acids is 1. The van der Waals surface area contributed by atoms with E-state index in [0.717, 1.165) is 0 Å². The van der Waals surface area contributed by atoms with Gasteiger partial charge in [0.25, 0.3) is 5.91 Å². The van der Waals surface area contributed by atoms with Gasteiger partial charge in [0, 0.05) is 12.7 Å². The fourth-order valence-corrected chi connectivity index (χ4v) is 1.79. The summed E-state index contributed by atoms with van der Waals surface area (Å²) in [6.07, 6.45) is 0. The van der Waals surface area contributed by atoms with Gasteiger partial charge in [0.15, 0.2) is 0 Å². The maximum atomic E-state index is 12.1. The van der Waals surface area contributed by atoms with Crippen LogP contribution in [0.5, 0.6) is 0 Å². The topological polar surface area (TPSA) is 77.8 Å². The van der Waals surface area contributed by atoms with E-state index in [9.17, 15) is 4.79 Å². The molecular formula is C14H11ClN4O. The van der Waals surface area contributed by atoms with Crippen LogP contribution in [0, 0.1) is 11.3 Å². The average molecular weight is 287 g/mol. The van der Waals surface area contributed by atoms with Crippen LogP contribution in [0.1, 0.15) is 16.1 Å². The van der Waals surface area contributed by atoms with Gasteiger partial charge in [-0.05, 0) is 30.3 Å². The van der Waals surface area contributed by atoms with Crippen LogP contribution in [-0.4, -0.2) is 17.9 Å². The Morgan fingerprint density at radius 2 is 2.15 bits per heavy atom. The molecule has 1 aromatic heterocycles. The first kappa shape index (κ1) is 13.8. The first-order valence-corrected chi connectivity index (χ1v) is 6.17. The third-order valence-corrected chi connectivity index (χ3v) is 2.87. The zero-order chi connectivity index (χ0) is 14.5. The van der Waals surface area contributed by atoms with Crippen molar-refractivity contribution in [2.45, 2.75) is 0 Å². The van der Waals surface area contributed by atoms with Crippen molar-refractivity contribution in [2.75, 3.05) is 17.7 Å². The Kier molecular flexibility index (Phi) is 4.18. The maximum absolute atomic E-state index is 12.1. The lowest BCUT2D eigenvalue weighted by Gasteiger charge is -2.08. The van der Waals surface area contributed by atoms with E-state index in [4.69, 9.17) is 16.9 Å². The Bertz CT molecular complexity index is 694. The third kappa shape index (κ3) is 3.05. The van der Waals surface area contributed by atoms with E-state index in [1.165, 1.54) is 0 Å². The van der Waals surface area contributed by atoms with Gasteiger partial charge in [0.2, 0.25) is 0 Å². The van der Waals surface area contributed by atoms with E-state index in [2.05, 4.69) is 15.6 Å². The second-order valence-electron chi connectivity index (χ2n) is 3.92. The molecule has 0 saturated heterocycles. The largest absolute Gasteiger partial charge is 0.373 e. The van der Waals surface area contributed by atoms with Crippen LogP contribution in [0.25, 0.3) is 0 Å². The molecule has 0 saturated carbocycles. The molecule has 0 radical (unpaired) electrons. The quantitative estimate of drug-likeness (QED) is 0.909. The summed E-state index contributed by atoms with van der Waals surface area (Å²) >= 11 is 5.97. The zero-order valence-corrected chi connectivity index (χ0v) is 11.4. The highest BCUT2D eigenvalue weighted by Crippen LogP contribution is 2.18. The van der Waals surface area contributed by atoms with Crippen molar-refractivity contribution in [3.8, 4) is 6.07 Å². The lowest BCUT2D eigenvalue weighted by atomic mass is 10.2. The SMILES string of the molecule is CNc1ccc(Cl)c(C(=O)Nc2cccc(C#N)c2)n1. The summed E-state index contributed by atoms with van der Waals surface area (Å²) in [6, 6.07) is 11.9. The van der Waals surface area contributed by atoms with Crippen LogP contribution in [0.2, 0.25) is 5.02 Å². The lowest BCUT2D eigenvalue weighted by molar-refractivity contribution is 0.102. The Morgan fingerprint density at radius 1 is 1.35 bits per heavy atom. The molecule has 0 spiro atoms. The van der Waals surface area contributed by atoms with E-state index in [1.54, 1.807) is 43.4 Å². The van der Waals surface area contributed by atoms with Crippen molar-refractivity contribution < 1.29 is 4.79 Å². The highest BCUT2D eigenvalue weighted by atomic mass is 35.5. The molecule has 2 rings (SSSR count). The van der Waals surface area contributed by atoms with E-state index in [-0.39, 0.29) is 10.7 Å². The molecule has 0 bridgehead atoms. The molecule has 0 aliphatic carbocycles. The first-order valence-electron chi connectivity index (χ1n) is 5.80. The zero-order valence-electron chi connectivity index (χ0n) is 10.6. The van der Waals surface area contributed by atoms with Gasteiger partial charge >= 0.3 is 0 Å². The van der Waals surface area contributed by atoms with Gasteiger partial charge in [-0.25, -0.2) is 4.98 Å². The first-order chi connectivity index (χ1) is 9.63. The standard InChI is InChI=1S/C14H11ClN4O/c1-17-12-6-5-11(15)13(19-12)14(20)18-10-4-2-3-9(7-10)8-16/h2-7H,1H3,(H,17,19)(H,18,20). The number of hydrogen-bond donors (Lipinski definition) is 2. The van der Waals surface area contributed by atoms with Gasteiger partial charge in [0.05, 0.1) is 16.7 Å². The molecule has 1 amide bonds. The number of rotatable bonds is 3. The number of nitriles is 1. The van der Waals surface area contributed by atoms with E-state index in [0.29, 0.717) is 17.1 Å². The molecule has 0 fully saturated rings. The summed E-state index contributed by atoms with van der Waals surface area (Å²) in [5.74, 6) is 0.118. The molecule has 100 valence electrons. The molecular weight excluding hydrogens is 276 g/mol. The van der Waals surface area contributed by atoms with Crippen molar-refractivity contribution >= 4 is 29.0 Å². The predicted octanol–water partition coefficient (Wildman–Crippen LogP) is 2.90. The number of hydrogen-bond acceptors (Lipinski definition) is 4. The van der Waals surface area contributed by atoms with Crippen molar-refractivity contribution in [3.05, 3.63) is 52.7 Å². The fourth-order valence-electron chi connectivity index (χ4n) is 1.60. The predicted molar refractivity (Wildman–Crippen MR) is 77.9 cm³/mol. The molecule has 0 aliphatic rings. The minimum Gasteiger partial charge on any atom is -0.373 e. The Hall–Kier alpha value is -2.58. The molecule has 0 unspecified atom stereocenters. The number of anilines is 2. The number of carbonyl (C=O) groups is 1. The van der Waals surface area contributed by atoms with E-state index in [1.807, 2.05) is 6.07 Å². The molecule has 0 atom stereocenters. The number of aromatic nitrogens is 1. The lowest BCUT2D eigenvalue weighted by Crippen LogP contribution is -2.15. The monoisotopic (exact) mass is 286 g/mol. The number of pyridine rings is 1. The molecule has 20 heavy (non-hydrogen) atoms. The minimum atomic E-state index is -0.429. The van der Waals surface area contributed by atoms with Gasteiger partial charge in [-0.3, -0.25) is 4.79 Å². The number of nitrogens with one attached hydrogen (secondary N) is 2. The van der Waals surface area contributed by atoms with Crippen LogP contribution in [0.15, 0.2) is 36.4 Å². The Labute approximate surface area is 121 Å². The van der Waals surface area contributed by atoms with E-state index >= 15 is 0 Å². The average Bonchev–Trinajstić information content (AvgIpc) is 2.47. The maximum Gasteiger partial charge on any atom is 0.275 e. The van der Waals surface area contributed by atoms with Gasteiger partial charge in [0.1, 0.15) is 11.5 Å². The van der Waals surface area contributed by atoms with Gasteiger partial charge < -0.3 is 10.6 Å². The fraction of sp³-hybridized carbons (Fsp3) is 0.0714. The highest BCUT2D eigenvalue weighted by molar-refractivity contribution is 6.34. The summed E-state index contributed by atoms with van der Waals surface area (Å²) in [4.78, 5) is 16.2. The van der Waals surface area contributed by atoms with Crippen LogP contribution in [0.3, 0.4) is 0 Å². The van der Waals surface area contributed by atoms with Gasteiger partial charge in [-0.2, -0.15) is 5.26 Å². The normalized spacial score (nSPS) is 9.65. The Balaban J connectivity index is 2.26. The van der Waals surface area contributed by atoms with Gasteiger partial charge in [-0.15, -0.1) is 0 Å². The summed E-state index contributed by atoms with van der Waals surface area (Å²) in [7, 11) is 1.70. The summed E-state index contributed by atoms with van der Waals surface area (Å²) in [6.45, 7) is 0. The number of amides is 1. The molecule has 5 nitrogen and oxygen atoms in total. The van der Waals surface area contributed by atoms with Crippen LogP contribution in [-0.2, 0) is 0 Å². The van der Waals surface area contributed by atoms with Crippen molar-refractivity contribution in [1.29, 1.82) is 5.26 Å². The number of halogens is 1. The van der Waals surface area contributed by atoms with Crippen molar-refractivity contribution in [3.63, 3.8) is 0 Å². The summed E-state index contributed by atoms with van der Waals surface area (Å²) in [5.41, 5.74) is 1.11. The smallest absolute Gasteiger partial charge is 0.275 e. The summed E-state index contributed by atoms with van der Waals surface area (Å²) in [5, 5.41) is 14.6. The van der Waals surface area contributed by atoms with Crippen molar-refractivity contribution in [1.82, 2.24) is 4.98 Å². The van der Waals surface area contributed by atoms with Crippen LogP contribution >= 0.6 is 11.6 Å². The van der Waals surface area contributed by atoms with Gasteiger partial charge in [-0.1, -0.05) is 17.7 Å². The molecule has 1 aromatic carbocycles. The molecule has 6 heteroatoms. The summed E-state index contributed by atoms with van der Waals surface area (Å²) < 4.78 is 0. The van der Waals surface area contributed by atoms with Crippen LogP contribution in [0.4, 0.5) is 11.5 Å². The molecule has 2 N–H and O–H groups in total. The number of nitrogens with zero attached hydrogens (tertiary/aromatic N) is 2. The third-order valence-electron chi connectivity index (χ3n) is 2.57. The molecule has 1 heterocycles. The number of benzene rings is 1.